The van der Waals surface area contributed by atoms with Crippen LogP contribution in [0.3, 0.4) is 0 Å². The molecule has 1 N–H and O–H groups in total. The maximum Gasteiger partial charge on any atom is 0.251 e. The molecule has 2 aromatic rings. The van der Waals surface area contributed by atoms with E-state index in [4.69, 9.17) is 9.47 Å². The zero-order chi connectivity index (χ0) is 20.3. The molecule has 5 heteroatoms. The molecule has 2 aromatic carbocycles. The smallest absolute Gasteiger partial charge is 0.251 e. The third-order valence-electron chi connectivity index (χ3n) is 5.14. The standard InChI is InChI=1S/C24H32N2O3/c1-2-3-17-28-22-12-10-21(11-13-22)24(27)25-14-7-15-26-16-18-29-23(19-26)20-8-5-4-6-9-20/h4-6,8-13,23H,2-3,7,14-19H2,1H3,(H,25,27). The van der Waals surface area contributed by atoms with Gasteiger partial charge in [0.15, 0.2) is 0 Å². The summed E-state index contributed by atoms with van der Waals surface area (Å²) in [6, 6.07) is 17.7. The van der Waals surface area contributed by atoms with Gasteiger partial charge in [0.1, 0.15) is 5.75 Å². The summed E-state index contributed by atoms with van der Waals surface area (Å²) in [5, 5.41) is 3.02. The normalized spacial score (nSPS) is 17.1. The van der Waals surface area contributed by atoms with Gasteiger partial charge < -0.3 is 14.8 Å². The Kier molecular flexibility index (Phi) is 8.53. The number of amides is 1. The summed E-state index contributed by atoms with van der Waals surface area (Å²) in [6.07, 6.45) is 3.21. The van der Waals surface area contributed by atoms with Crippen LogP contribution in [-0.4, -0.2) is 50.2 Å². The lowest BCUT2D eigenvalue weighted by molar-refractivity contribution is -0.0301. The van der Waals surface area contributed by atoms with Crippen LogP contribution in [0.1, 0.15) is 48.2 Å². The first-order chi connectivity index (χ1) is 14.3. The van der Waals surface area contributed by atoms with E-state index >= 15 is 0 Å². The number of ether oxygens (including phenoxy) is 2. The fourth-order valence-corrected chi connectivity index (χ4v) is 3.42. The predicted octanol–water partition coefficient (Wildman–Crippen LogP) is 4.06. The Balaban J connectivity index is 1.36. The molecular weight excluding hydrogens is 364 g/mol. The predicted molar refractivity (Wildman–Crippen MR) is 115 cm³/mol. The number of nitrogens with zero attached hydrogens (tertiary/aromatic N) is 1. The average Bonchev–Trinajstić information content (AvgIpc) is 2.78. The van der Waals surface area contributed by atoms with Crippen molar-refractivity contribution in [2.45, 2.75) is 32.3 Å². The van der Waals surface area contributed by atoms with Gasteiger partial charge in [0.25, 0.3) is 5.91 Å². The Labute approximate surface area is 174 Å². The van der Waals surface area contributed by atoms with Crippen molar-refractivity contribution in [1.82, 2.24) is 10.2 Å². The Bertz CT molecular complexity index is 734. The van der Waals surface area contributed by atoms with Crippen molar-refractivity contribution in [1.29, 1.82) is 0 Å². The molecule has 1 amide bonds. The molecule has 1 heterocycles. The Morgan fingerprint density at radius 1 is 1.14 bits per heavy atom. The van der Waals surface area contributed by atoms with Crippen LogP contribution < -0.4 is 10.1 Å². The molecule has 1 fully saturated rings. The van der Waals surface area contributed by atoms with Gasteiger partial charge in [-0.1, -0.05) is 43.7 Å². The molecular formula is C24H32N2O3. The van der Waals surface area contributed by atoms with Crippen molar-refractivity contribution in [3.05, 3.63) is 65.7 Å². The monoisotopic (exact) mass is 396 g/mol. The summed E-state index contributed by atoms with van der Waals surface area (Å²) < 4.78 is 11.6. The summed E-state index contributed by atoms with van der Waals surface area (Å²) in [7, 11) is 0. The fourth-order valence-electron chi connectivity index (χ4n) is 3.42. The van der Waals surface area contributed by atoms with E-state index in [1.165, 1.54) is 5.56 Å². The topological polar surface area (TPSA) is 50.8 Å². The first-order valence-corrected chi connectivity index (χ1v) is 10.7. The average molecular weight is 397 g/mol. The van der Waals surface area contributed by atoms with Gasteiger partial charge in [0.05, 0.1) is 19.3 Å². The molecule has 0 aliphatic carbocycles. The lowest BCUT2D eigenvalue weighted by atomic mass is 10.1. The van der Waals surface area contributed by atoms with Crippen molar-refractivity contribution in [3.63, 3.8) is 0 Å². The number of morpholine rings is 1. The number of hydrogen-bond donors (Lipinski definition) is 1. The second-order valence-electron chi connectivity index (χ2n) is 7.41. The number of hydrogen-bond acceptors (Lipinski definition) is 4. The van der Waals surface area contributed by atoms with Crippen molar-refractivity contribution >= 4 is 5.91 Å². The zero-order valence-electron chi connectivity index (χ0n) is 17.3. The summed E-state index contributed by atoms with van der Waals surface area (Å²) in [5.41, 5.74) is 1.90. The van der Waals surface area contributed by atoms with E-state index in [1.807, 2.05) is 30.3 Å². The minimum atomic E-state index is -0.0331. The molecule has 3 rings (SSSR count). The highest BCUT2D eigenvalue weighted by molar-refractivity contribution is 5.94. The number of carbonyl (C=O) groups excluding carboxylic acids is 1. The third kappa shape index (κ3) is 6.87. The van der Waals surface area contributed by atoms with Crippen molar-refractivity contribution < 1.29 is 14.3 Å². The molecule has 1 atom stereocenters. The lowest BCUT2D eigenvalue weighted by Gasteiger charge is -2.33. The summed E-state index contributed by atoms with van der Waals surface area (Å²) in [4.78, 5) is 14.7. The highest BCUT2D eigenvalue weighted by Crippen LogP contribution is 2.21. The van der Waals surface area contributed by atoms with Crippen LogP contribution in [0.4, 0.5) is 0 Å². The second kappa shape index (κ2) is 11.6. The van der Waals surface area contributed by atoms with E-state index in [0.29, 0.717) is 18.7 Å². The number of nitrogens with one attached hydrogen (secondary N) is 1. The molecule has 0 bridgehead atoms. The first-order valence-electron chi connectivity index (χ1n) is 10.7. The van der Waals surface area contributed by atoms with Gasteiger partial charge in [-0.2, -0.15) is 0 Å². The molecule has 0 aromatic heterocycles. The van der Waals surface area contributed by atoms with E-state index in [2.05, 4.69) is 41.4 Å². The molecule has 29 heavy (non-hydrogen) atoms. The van der Waals surface area contributed by atoms with Crippen LogP contribution in [-0.2, 0) is 4.74 Å². The van der Waals surface area contributed by atoms with E-state index in [0.717, 1.165) is 51.3 Å². The van der Waals surface area contributed by atoms with Crippen LogP contribution >= 0.6 is 0 Å². The van der Waals surface area contributed by atoms with E-state index < -0.39 is 0 Å². The quantitative estimate of drug-likeness (QED) is 0.616. The van der Waals surface area contributed by atoms with Gasteiger partial charge in [-0.3, -0.25) is 9.69 Å². The van der Waals surface area contributed by atoms with Crippen LogP contribution in [0.25, 0.3) is 0 Å². The minimum absolute atomic E-state index is 0.0331. The molecule has 1 unspecified atom stereocenters. The molecule has 156 valence electrons. The molecule has 0 spiro atoms. The minimum Gasteiger partial charge on any atom is -0.494 e. The van der Waals surface area contributed by atoms with E-state index in [1.54, 1.807) is 0 Å². The largest absolute Gasteiger partial charge is 0.494 e. The molecule has 1 aliphatic heterocycles. The van der Waals surface area contributed by atoms with Gasteiger partial charge in [0, 0.05) is 31.7 Å². The maximum atomic E-state index is 12.3. The SMILES string of the molecule is CCCCOc1ccc(C(=O)NCCCN2CCOC(c3ccccc3)C2)cc1. The van der Waals surface area contributed by atoms with Gasteiger partial charge >= 0.3 is 0 Å². The zero-order valence-corrected chi connectivity index (χ0v) is 17.3. The van der Waals surface area contributed by atoms with Crippen molar-refractivity contribution in [3.8, 4) is 5.75 Å². The Hall–Kier alpha value is -2.37. The molecule has 5 nitrogen and oxygen atoms in total. The van der Waals surface area contributed by atoms with Crippen LogP contribution in [0.2, 0.25) is 0 Å². The molecule has 0 saturated carbocycles. The van der Waals surface area contributed by atoms with Crippen LogP contribution in [0.5, 0.6) is 5.75 Å². The molecule has 1 saturated heterocycles. The van der Waals surface area contributed by atoms with Crippen LogP contribution in [0, 0.1) is 0 Å². The summed E-state index contributed by atoms with van der Waals surface area (Å²) in [6.45, 7) is 7.07. The maximum absolute atomic E-state index is 12.3. The number of carbonyl (C=O) groups is 1. The highest BCUT2D eigenvalue weighted by Gasteiger charge is 2.21. The van der Waals surface area contributed by atoms with Gasteiger partial charge in [0.2, 0.25) is 0 Å². The first kappa shape index (κ1) is 21.3. The van der Waals surface area contributed by atoms with Gasteiger partial charge in [-0.25, -0.2) is 0 Å². The second-order valence-corrected chi connectivity index (χ2v) is 7.41. The number of benzene rings is 2. The Morgan fingerprint density at radius 3 is 2.69 bits per heavy atom. The fraction of sp³-hybridized carbons (Fsp3) is 0.458. The summed E-state index contributed by atoms with van der Waals surface area (Å²) in [5.74, 6) is 0.782. The number of unbranched alkanes of at least 4 members (excludes halogenated alkanes) is 1. The van der Waals surface area contributed by atoms with Crippen molar-refractivity contribution in [2.75, 3.05) is 39.4 Å². The molecule has 1 aliphatic rings. The van der Waals surface area contributed by atoms with E-state index in [9.17, 15) is 4.79 Å². The van der Waals surface area contributed by atoms with Crippen molar-refractivity contribution in [2.24, 2.45) is 0 Å². The third-order valence-corrected chi connectivity index (χ3v) is 5.14. The van der Waals surface area contributed by atoms with Gasteiger partial charge in [-0.15, -0.1) is 0 Å². The van der Waals surface area contributed by atoms with Crippen LogP contribution in [0.15, 0.2) is 54.6 Å². The number of rotatable bonds is 10. The highest BCUT2D eigenvalue weighted by atomic mass is 16.5. The lowest BCUT2D eigenvalue weighted by Crippen LogP contribution is -2.39. The Morgan fingerprint density at radius 2 is 1.93 bits per heavy atom. The summed E-state index contributed by atoms with van der Waals surface area (Å²) >= 11 is 0. The molecule has 0 radical (unpaired) electrons. The van der Waals surface area contributed by atoms with E-state index in [-0.39, 0.29) is 12.0 Å². The van der Waals surface area contributed by atoms with Gasteiger partial charge in [-0.05, 0) is 42.7 Å².